The van der Waals surface area contributed by atoms with Crippen molar-refractivity contribution in [1.82, 2.24) is 0 Å². The van der Waals surface area contributed by atoms with E-state index in [2.05, 4.69) is 0 Å². The summed E-state index contributed by atoms with van der Waals surface area (Å²) in [4.78, 5) is 11.1. The lowest BCUT2D eigenvalue weighted by Crippen LogP contribution is -2.03. The monoisotopic (exact) mass is 306 g/mol. The summed E-state index contributed by atoms with van der Waals surface area (Å²) in [5.41, 5.74) is 0.913. The molecule has 0 unspecified atom stereocenters. The van der Waals surface area contributed by atoms with Gasteiger partial charge in [0.05, 0.1) is 0 Å². The molecular formula is C15H11ClO5. The summed E-state index contributed by atoms with van der Waals surface area (Å²) in [6.45, 7) is 0.411. The summed E-state index contributed by atoms with van der Waals surface area (Å²) in [6, 6.07) is 9.83. The number of carboxylic acid groups (broad SMARTS) is 1. The van der Waals surface area contributed by atoms with Crippen molar-refractivity contribution in [1.29, 1.82) is 0 Å². The Labute approximate surface area is 125 Å². The molecule has 0 spiro atoms. The first-order valence-electron chi connectivity index (χ1n) is 6.17. The average Bonchev–Trinajstić information content (AvgIpc) is 2.92. The van der Waals surface area contributed by atoms with Gasteiger partial charge < -0.3 is 19.3 Å². The first-order valence-corrected chi connectivity index (χ1v) is 6.55. The molecule has 0 aliphatic carbocycles. The van der Waals surface area contributed by atoms with Crippen molar-refractivity contribution in [2.24, 2.45) is 0 Å². The highest BCUT2D eigenvalue weighted by Gasteiger charge is 2.15. The van der Waals surface area contributed by atoms with Crippen LogP contribution in [-0.2, 0) is 6.61 Å². The fourth-order valence-electron chi connectivity index (χ4n) is 1.98. The van der Waals surface area contributed by atoms with Gasteiger partial charge in [-0.25, -0.2) is 4.79 Å². The highest BCUT2D eigenvalue weighted by molar-refractivity contribution is 6.30. The Kier molecular flexibility index (Phi) is 3.58. The van der Waals surface area contributed by atoms with E-state index in [1.165, 1.54) is 18.2 Å². The number of benzene rings is 2. The van der Waals surface area contributed by atoms with Crippen LogP contribution < -0.4 is 14.2 Å². The van der Waals surface area contributed by atoms with Gasteiger partial charge in [0, 0.05) is 5.02 Å². The molecule has 108 valence electrons. The third kappa shape index (κ3) is 2.87. The normalized spacial score (nSPS) is 12.2. The van der Waals surface area contributed by atoms with Gasteiger partial charge in [0.15, 0.2) is 11.5 Å². The molecule has 0 saturated heterocycles. The number of fused-ring (bicyclic) bond motifs is 1. The van der Waals surface area contributed by atoms with Crippen LogP contribution in [0.2, 0.25) is 5.02 Å². The highest BCUT2D eigenvalue weighted by atomic mass is 35.5. The van der Waals surface area contributed by atoms with Crippen LogP contribution in [0.1, 0.15) is 15.9 Å². The van der Waals surface area contributed by atoms with Gasteiger partial charge in [-0.2, -0.15) is 0 Å². The van der Waals surface area contributed by atoms with Gasteiger partial charge in [-0.3, -0.25) is 0 Å². The average molecular weight is 307 g/mol. The summed E-state index contributed by atoms with van der Waals surface area (Å²) in [5.74, 6) is 0.508. The van der Waals surface area contributed by atoms with Gasteiger partial charge in [0.1, 0.15) is 17.9 Å². The van der Waals surface area contributed by atoms with Crippen molar-refractivity contribution in [2.45, 2.75) is 6.61 Å². The molecule has 0 saturated carbocycles. The van der Waals surface area contributed by atoms with E-state index in [1.54, 1.807) is 12.1 Å². The molecule has 0 amide bonds. The van der Waals surface area contributed by atoms with Crippen LogP contribution in [0.15, 0.2) is 36.4 Å². The van der Waals surface area contributed by atoms with E-state index in [4.69, 9.17) is 30.9 Å². The van der Waals surface area contributed by atoms with Gasteiger partial charge in [-0.05, 0) is 35.9 Å². The molecule has 3 rings (SSSR count). The van der Waals surface area contributed by atoms with Crippen LogP contribution in [0.25, 0.3) is 0 Å². The maximum atomic E-state index is 11.1. The minimum Gasteiger partial charge on any atom is -0.488 e. The Morgan fingerprint density at radius 1 is 1.19 bits per heavy atom. The summed E-state index contributed by atoms with van der Waals surface area (Å²) in [5, 5.41) is 9.54. The smallest absolute Gasteiger partial charge is 0.339 e. The second-order valence-electron chi connectivity index (χ2n) is 4.42. The highest BCUT2D eigenvalue weighted by Crippen LogP contribution is 2.33. The molecule has 0 atom stereocenters. The molecule has 1 heterocycles. The van der Waals surface area contributed by atoms with E-state index >= 15 is 0 Å². The molecule has 2 aromatic carbocycles. The topological polar surface area (TPSA) is 65.0 Å². The van der Waals surface area contributed by atoms with Crippen molar-refractivity contribution >= 4 is 17.6 Å². The SMILES string of the molecule is O=C(O)c1ccc(Cl)cc1OCc1ccc2c(c1)OCO2. The minimum absolute atomic E-state index is 0.0696. The van der Waals surface area contributed by atoms with Gasteiger partial charge in [0.2, 0.25) is 6.79 Å². The van der Waals surface area contributed by atoms with Crippen LogP contribution >= 0.6 is 11.6 Å². The number of rotatable bonds is 4. The van der Waals surface area contributed by atoms with E-state index in [1.807, 2.05) is 6.07 Å². The zero-order chi connectivity index (χ0) is 14.8. The molecule has 5 nitrogen and oxygen atoms in total. The first-order chi connectivity index (χ1) is 10.1. The van der Waals surface area contributed by atoms with E-state index in [0.29, 0.717) is 16.5 Å². The van der Waals surface area contributed by atoms with Crippen LogP contribution in [0.3, 0.4) is 0 Å². The van der Waals surface area contributed by atoms with Crippen molar-refractivity contribution in [2.75, 3.05) is 6.79 Å². The zero-order valence-electron chi connectivity index (χ0n) is 10.8. The van der Waals surface area contributed by atoms with Gasteiger partial charge in [-0.1, -0.05) is 17.7 Å². The molecule has 0 fully saturated rings. The fourth-order valence-corrected chi connectivity index (χ4v) is 2.15. The summed E-state index contributed by atoms with van der Waals surface area (Å²) < 4.78 is 16.1. The Morgan fingerprint density at radius 2 is 2.00 bits per heavy atom. The minimum atomic E-state index is -1.06. The molecule has 1 aliphatic heterocycles. The lowest BCUT2D eigenvalue weighted by Gasteiger charge is -2.10. The molecular weight excluding hydrogens is 296 g/mol. The maximum absolute atomic E-state index is 11.1. The summed E-state index contributed by atoms with van der Waals surface area (Å²) in [7, 11) is 0. The predicted molar refractivity (Wildman–Crippen MR) is 75.3 cm³/mol. The zero-order valence-corrected chi connectivity index (χ0v) is 11.6. The molecule has 1 aliphatic rings. The van der Waals surface area contributed by atoms with Gasteiger partial charge in [0.25, 0.3) is 0 Å². The Balaban J connectivity index is 1.78. The molecule has 0 radical (unpaired) electrons. The van der Waals surface area contributed by atoms with Crippen molar-refractivity contribution in [3.8, 4) is 17.2 Å². The molecule has 21 heavy (non-hydrogen) atoms. The lowest BCUT2D eigenvalue weighted by molar-refractivity contribution is 0.0691. The Hall–Kier alpha value is -2.40. The molecule has 0 bridgehead atoms. The van der Waals surface area contributed by atoms with E-state index in [-0.39, 0.29) is 24.7 Å². The largest absolute Gasteiger partial charge is 0.488 e. The molecule has 0 aromatic heterocycles. The quantitative estimate of drug-likeness (QED) is 0.938. The first kappa shape index (κ1) is 13.6. The van der Waals surface area contributed by atoms with Crippen molar-refractivity contribution in [3.05, 3.63) is 52.5 Å². The van der Waals surface area contributed by atoms with E-state index < -0.39 is 5.97 Å². The molecule has 1 N–H and O–H groups in total. The fraction of sp³-hybridized carbons (Fsp3) is 0.133. The number of halogens is 1. The predicted octanol–water partition coefficient (Wildman–Crippen LogP) is 3.35. The summed E-state index contributed by atoms with van der Waals surface area (Å²) in [6.07, 6.45) is 0. The number of aromatic carboxylic acids is 1. The lowest BCUT2D eigenvalue weighted by atomic mass is 10.2. The van der Waals surface area contributed by atoms with Crippen molar-refractivity contribution < 1.29 is 24.1 Å². The molecule has 6 heteroatoms. The second-order valence-corrected chi connectivity index (χ2v) is 4.86. The van der Waals surface area contributed by atoms with Crippen molar-refractivity contribution in [3.63, 3.8) is 0 Å². The number of ether oxygens (including phenoxy) is 3. The van der Waals surface area contributed by atoms with Gasteiger partial charge in [-0.15, -0.1) is 0 Å². The van der Waals surface area contributed by atoms with Crippen LogP contribution in [0, 0.1) is 0 Å². The van der Waals surface area contributed by atoms with Crippen LogP contribution in [0.4, 0.5) is 0 Å². The second kappa shape index (κ2) is 5.54. The maximum Gasteiger partial charge on any atom is 0.339 e. The number of carboxylic acids is 1. The third-order valence-corrected chi connectivity index (χ3v) is 3.24. The molecule has 2 aromatic rings. The number of carbonyl (C=O) groups is 1. The third-order valence-electron chi connectivity index (χ3n) is 3.01. The van der Waals surface area contributed by atoms with Crippen LogP contribution in [-0.4, -0.2) is 17.9 Å². The van der Waals surface area contributed by atoms with E-state index in [9.17, 15) is 4.79 Å². The Bertz CT molecular complexity index is 698. The number of hydrogen-bond donors (Lipinski definition) is 1. The van der Waals surface area contributed by atoms with Gasteiger partial charge >= 0.3 is 5.97 Å². The number of hydrogen-bond acceptors (Lipinski definition) is 4. The Morgan fingerprint density at radius 3 is 2.81 bits per heavy atom. The van der Waals surface area contributed by atoms with Crippen LogP contribution in [0.5, 0.6) is 17.2 Å². The van der Waals surface area contributed by atoms with E-state index in [0.717, 1.165) is 5.56 Å². The summed E-state index contributed by atoms with van der Waals surface area (Å²) >= 11 is 5.87. The standard InChI is InChI=1S/C15H11ClO5/c16-10-2-3-11(15(17)18)13(6-10)19-7-9-1-4-12-14(5-9)21-8-20-12/h1-6H,7-8H2,(H,17,18).